The highest BCUT2D eigenvalue weighted by molar-refractivity contribution is 6.31. The van der Waals surface area contributed by atoms with E-state index in [9.17, 15) is 19.5 Å². The van der Waals surface area contributed by atoms with E-state index in [1.807, 2.05) is 30.3 Å². The van der Waals surface area contributed by atoms with Gasteiger partial charge in [-0.05, 0) is 47.5 Å². The van der Waals surface area contributed by atoms with E-state index >= 15 is 0 Å². The van der Waals surface area contributed by atoms with E-state index in [1.165, 1.54) is 19.2 Å². The van der Waals surface area contributed by atoms with Gasteiger partial charge >= 0.3 is 5.97 Å². The van der Waals surface area contributed by atoms with Crippen LogP contribution < -0.4 is 20.5 Å². The van der Waals surface area contributed by atoms with Crippen LogP contribution in [0.2, 0.25) is 5.02 Å². The number of hydrazine groups is 1. The molecule has 40 heavy (non-hydrogen) atoms. The number of carboxylic acid groups (broad SMARTS) is 1. The Labute approximate surface area is 234 Å². The van der Waals surface area contributed by atoms with Crippen LogP contribution in [-0.4, -0.2) is 41.2 Å². The second kappa shape index (κ2) is 11.2. The SMILES string of the molecule is COc1ccc(C2C=C(c3c(-c4ccccc4)c4cc(Cl)ccc4[nH]c3=O)NN2C(=O)CCC(=O)O)cc1OC. The van der Waals surface area contributed by atoms with Gasteiger partial charge in [-0.3, -0.25) is 19.8 Å². The van der Waals surface area contributed by atoms with Crippen molar-refractivity contribution in [3.8, 4) is 22.6 Å². The first-order chi connectivity index (χ1) is 19.3. The molecule has 1 amide bonds. The standard InChI is InChI=1S/C30H26ClN3O6/c1-39-24-11-8-18(14-25(24)40-2)23-16-22(33-34(23)26(35)12-13-27(36)37)29-28(17-6-4-3-5-7-17)20-15-19(31)9-10-21(20)32-30(29)38/h3-11,14-16,23,33H,12-13H2,1-2H3,(H,32,38)(H,36,37). The normalized spacial score (nSPS) is 14.5. The molecule has 0 saturated carbocycles. The van der Waals surface area contributed by atoms with E-state index in [0.29, 0.717) is 44.4 Å². The number of methoxy groups -OCH3 is 2. The second-order valence-electron chi connectivity index (χ2n) is 9.17. The van der Waals surface area contributed by atoms with Gasteiger partial charge in [0.2, 0.25) is 5.91 Å². The molecule has 2 heterocycles. The number of nitrogens with one attached hydrogen (secondary N) is 2. The number of hydrogen-bond acceptors (Lipinski definition) is 6. The summed E-state index contributed by atoms with van der Waals surface area (Å²) in [6.45, 7) is 0. The Morgan fingerprint density at radius 2 is 1.70 bits per heavy atom. The average Bonchev–Trinajstić information content (AvgIpc) is 3.40. The summed E-state index contributed by atoms with van der Waals surface area (Å²) < 4.78 is 10.8. The lowest BCUT2D eigenvalue weighted by atomic mass is 9.94. The molecule has 1 atom stereocenters. The van der Waals surface area contributed by atoms with Crippen molar-refractivity contribution in [3.63, 3.8) is 0 Å². The van der Waals surface area contributed by atoms with Gasteiger partial charge in [-0.15, -0.1) is 0 Å². The van der Waals surface area contributed by atoms with E-state index in [1.54, 1.807) is 42.5 Å². The average molecular weight is 560 g/mol. The number of carboxylic acids is 1. The maximum Gasteiger partial charge on any atom is 0.303 e. The number of benzene rings is 3. The molecule has 1 aromatic heterocycles. The van der Waals surface area contributed by atoms with E-state index in [2.05, 4.69) is 10.4 Å². The highest BCUT2D eigenvalue weighted by Crippen LogP contribution is 2.39. The zero-order chi connectivity index (χ0) is 28.4. The molecule has 0 fully saturated rings. The fourth-order valence-electron chi connectivity index (χ4n) is 4.87. The van der Waals surface area contributed by atoms with Crippen molar-refractivity contribution in [1.82, 2.24) is 15.4 Å². The largest absolute Gasteiger partial charge is 0.493 e. The first-order valence-electron chi connectivity index (χ1n) is 12.5. The zero-order valence-electron chi connectivity index (χ0n) is 21.7. The molecule has 0 radical (unpaired) electrons. The van der Waals surface area contributed by atoms with Crippen LogP contribution in [0.5, 0.6) is 11.5 Å². The number of pyridine rings is 1. The topological polar surface area (TPSA) is 121 Å². The highest BCUT2D eigenvalue weighted by Gasteiger charge is 2.33. The number of fused-ring (bicyclic) bond motifs is 1. The Bertz CT molecular complexity index is 1700. The van der Waals surface area contributed by atoms with Crippen molar-refractivity contribution in [2.75, 3.05) is 14.2 Å². The van der Waals surface area contributed by atoms with E-state index < -0.39 is 17.9 Å². The predicted octanol–water partition coefficient (Wildman–Crippen LogP) is 5.16. The zero-order valence-corrected chi connectivity index (χ0v) is 22.5. The monoisotopic (exact) mass is 559 g/mol. The molecule has 9 nitrogen and oxygen atoms in total. The molecule has 1 unspecified atom stereocenters. The Hall–Kier alpha value is -4.76. The van der Waals surface area contributed by atoms with Gasteiger partial charge in [-0.1, -0.05) is 48.0 Å². The molecular formula is C30H26ClN3O6. The minimum Gasteiger partial charge on any atom is -0.493 e. The van der Waals surface area contributed by atoms with Crippen molar-refractivity contribution in [2.45, 2.75) is 18.9 Å². The molecule has 204 valence electrons. The lowest BCUT2D eigenvalue weighted by Gasteiger charge is -2.26. The molecular weight excluding hydrogens is 534 g/mol. The fourth-order valence-corrected chi connectivity index (χ4v) is 5.04. The maximum absolute atomic E-state index is 13.6. The van der Waals surface area contributed by atoms with Crippen molar-refractivity contribution >= 4 is 40.1 Å². The Balaban J connectivity index is 1.71. The van der Waals surface area contributed by atoms with Crippen LogP contribution in [0.3, 0.4) is 0 Å². The summed E-state index contributed by atoms with van der Waals surface area (Å²) in [5, 5.41) is 11.8. The number of nitrogens with zero attached hydrogens (tertiary/aromatic N) is 1. The van der Waals surface area contributed by atoms with Crippen LogP contribution >= 0.6 is 11.6 Å². The Kier molecular flexibility index (Phi) is 7.48. The van der Waals surface area contributed by atoms with Crippen LogP contribution in [0.1, 0.15) is 30.0 Å². The molecule has 10 heteroatoms. The van der Waals surface area contributed by atoms with Crippen LogP contribution in [0.4, 0.5) is 0 Å². The number of aromatic amines is 1. The summed E-state index contributed by atoms with van der Waals surface area (Å²) >= 11 is 6.37. The number of ether oxygens (including phenoxy) is 2. The van der Waals surface area contributed by atoms with Gasteiger partial charge in [0.1, 0.15) is 0 Å². The van der Waals surface area contributed by atoms with Crippen molar-refractivity contribution in [3.05, 3.63) is 99.3 Å². The van der Waals surface area contributed by atoms with Crippen molar-refractivity contribution in [2.24, 2.45) is 0 Å². The molecule has 0 aliphatic carbocycles. The van der Waals surface area contributed by atoms with Gasteiger partial charge in [0, 0.05) is 27.9 Å². The third-order valence-electron chi connectivity index (χ3n) is 6.72. The summed E-state index contributed by atoms with van der Waals surface area (Å²) in [5.74, 6) is -0.560. The number of hydrogen-bond donors (Lipinski definition) is 3. The quantitative estimate of drug-likeness (QED) is 0.273. The summed E-state index contributed by atoms with van der Waals surface area (Å²) in [4.78, 5) is 41.1. The van der Waals surface area contributed by atoms with Crippen LogP contribution in [0.25, 0.3) is 27.7 Å². The third-order valence-corrected chi connectivity index (χ3v) is 6.96. The number of aliphatic carboxylic acids is 1. The minimum atomic E-state index is -1.09. The molecule has 3 N–H and O–H groups in total. The number of halogens is 1. The lowest BCUT2D eigenvalue weighted by molar-refractivity contribution is -0.142. The molecule has 3 aromatic carbocycles. The summed E-state index contributed by atoms with van der Waals surface area (Å²) in [6.07, 6.45) is 1.20. The molecule has 1 aliphatic rings. The summed E-state index contributed by atoms with van der Waals surface area (Å²) in [6, 6.07) is 19.3. The van der Waals surface area contributed by atoms with Crippen molar-refractivity contribution in [1.29, 1.82) is 0 Å². The first kappa shape index (κ1) is 26.8. The molecule has 1 aliphatic heterocycles. The molecule has 0 saturated heterocycles. The summed E-state index contributed by atoms with van der Waals surface area (Å²) in [5.41, 5.74) is 6.17. The van der Waals surface area contributed by atoms with Gasteiger partial charge in [-0.2, -0.15) is 0 Å². The van der Waals surface area contributed by atoms with Crippen LogP contribution in [0, 0.1) is 0 Å². The number of aromatic nitrogens is 1. The smallest absolute Gasteiger partial charge is 0.303 e. The third kappa shape index (κ3) is 5.11. The van der Waals surface area contributed by atoms with E-state index in [0.717, 1.165) is 10.9 Å². The van der Waals surface area contributed by atoms with Gasteiger partial charge in [0.05, 0.1) is 37.9 Å². The number of H-pyrrole nitrogens is 1. The maximum atomic E-state index is 13.6. The van der Waals surface area contributed by atoms with Crippen LogP contribution in [0.15, 0.2) is 77.6 Å². The fraction of sp³-hybridized carbons (Fsp3) is 0.167. The number of rotatable bonds is 8. The van der Waals surface area contributed by atoms with Gasteiger partial charge < -0.3 is 19.6 Å². The van der Waals surface area contributed by atoms with Gasteiger partial charge in [0.15, 0.2) is 11.5 Å². The Morgan fingerprint density at radius 3 is 2.40 bits per heavy atom. The number of carbonyl (C=O) groups excluding carboxylic acids is 1. The molecule has 4 aromatic rings. The summed E-state index contributed by atoms with van der Waals surface area (Å²) in [7, 11) is 3.04. The van der Waals surface area contributed by atoms with Gasteiger partial charge in [-0.25, -0.2) is 5.01 Å². The van der Waals surface area contributed by atoms with E-state index in [-0.39, 0.29) is 18.4 Å². The minimum absolute atomic E-state index is 0.234. The lowest BCUT2D eigenvalue weighted by Crippen LogP contribution is -2.40. The number of carbonyl (C=O) groups is 2. The number of amides is 1. The first-order valence-corrected chi connectivity index (χ1v) is 12.8. The molecule has 0 bridgehead atoms. The van der Waals surface area contributed by atoms with Crippen molar-refractivity contribution < 1.29 is 24.2 Å². The van der Waals surface area contributed by atoms with Gasteiger partial charge in [0.25, 0.3) is 5.56 Å². The predicted molar refractivity (Wildman–Crippen MR) is 152 cm³/mol. The van der Waals surface area contributed by atoms with E-state index in [4.69, 9.17) is 21.1 Å². The second-order valence-corrected chi connectivity index (χ2v) is 9.61. The Morgan fingerprint density at radius 1 is 0.950 bits per heavy atom. The van der Waals surface area contributed by atoms with Crippen LogP contribution in [-0.2, 0) is 9.59 Å². The molecule has 0 spiro atoms. The molecule has 5 rings (SSSR count). The highest BCUT2D eigenvalue weighted by atomic mass is 35.5.